The molecule has 1 aliphatic heterocycles. The molecular weight excluding hydrogens is 364 g/mol. The topological polar surface area (TPSA) is 116 Å². The Kier molecular flexibility index (Phi) is 5.26. The van der Waals surface area contributed by atoms with Crippen molar-refractivity contribution in [2.75, 3.05) is 11.9 Å². The Morgan fingerprint density at radius 1 is 1.15 bits per heavy atom. The third-order valence-corrected chi connectivity index (χ3v) is 5.21. The Morgan fingerprint density at radius 2 is 1.81 bits per heavy atom. The highest BCUT2D eigenvalue weighted by Crippen LogP contribution is 2.20. The first-order valence-corrected chi connectivity index (χ1v) is 9.78. The number of amides is 1. The lowest BCUT2D eigenvalue weighted by Gasteiger charge is -2.27. The summed E-state index contributed by atoms with van der Waals surface area (Å²) in [6, 6.07) is 15.4. The van der Waals surface area contributed by atoms with E-state index in [1.165, 1.54) is 35.4 Å². The molecule has 0 aliphatic carbocycles. The monoisotopic (exact) mass is 382 g/mol. The zero-order valence-electron chi connectivity index (χ0n) is 14.4. The fourth-order valence-corrected chi connectivity index (χ4v) is 3.39. The summed E-state index contributed by atoms with van der Waals surface area (Å²) in [7, 11) is -3.80. The molecule has 0 fully saturated rings. The standard InChI is InChI=1S/C19H18N4O3S/c20-11-16(13-23-10-9-14-3-1-2-4-15(14)12-23)19(24)22-17-5-7-18(8-6-17)27(21,25)26/h1-8,13H,9-10,12H2,(H,22,24)(H2,21,25,26)/b16-13-. The van der Waals surface area contributed by atoms with Crippen LogP contribution >= 0.6 is 0 Å². The number of benzene rings is 2. The summed E-state index contributed by atoms with van der Waals surface area (Å²) in [5.74, 6) is -0.556. The lowest BCUT2D eigenvalue weighted by atomic mass is 10.0. The molecule has 0 saturated heterocycles. The van der Waals surface area contributed by atoms with E-state index in [-0.39, 0.29) is 10.5 Å². The second kappa shape index (κ2) is 7.61. The molecule has 27 heavy (non-hydrogen) atoms. The Hall–Kier alpha value is -3.15. The summed E-state index contributed by atoms with van der Waals surface area (Å²) in [6.07, 6.45) is 2.41. The van der Waals surface area contributed by atoms with Gasteiger partial charge in [-0.25, -0.2) is 13.6 Å². The summed E-state index contributed by atoms with van der Waals surface area (Å²) in [4.78, 5) is 14.3. The third-order valence-electron chi connectivity index (χ3n) is 4.28. The van der Waals surface area contributed by atoms with Gasteiger partial charge in [-0.1, -0.05) is 24.3 Å². The molecule has 2 aromatic rings. The number of carbonyl (C=O) groups excluding carboxylic acids is 1. The molecule has 0 radical (unpaired) electrons. The van der Waals surface area contributed by atoms with Gasteiger partial charge in [-0.2, -0.15) is 5.26 Å². The van der Waals surface area contributed by atoms with Gasteiger partial charge >= 0.3 is 0 Å². The summed E-state index contributed by atoms with van der Waals surface area (Å²) in [5.41, 5.74) is 2.80. The van der Waals surface area contributed by atoms with E-state index < -0.39 is 15.9 Å². The van der Waals surface area contributed by atoms with Crippen LogP contribution in [-0.4, -0.2) is 25.8 Å². The zero-order valence-corrected chi connectivity index (χ0v) is 15.2. The van der Waals surface area contributed by atoms with Gasteiger partial charge in [0.2, 0.25) is 10.0 Å². The fraction of sp³-hybridized carbons (Fsp3) is 0.158. The first kappa shape index (κ1) is 18.6. The molecular formula is C19H18N4O3S. The molecule has 1 aliphatic rings. The van der Waals surface area contributed by atoms with Crippen molar-refractivity contribution < 1.29 is 13.2 Å². The van der Waals surface area contributed by atoms with Crippen molar-refractivity contribution in [2.24, 2.45) is 5.14 Å². The van der Waals surface area contributed by atoms with E-state index in [2.05, 4.69) is 11.4 Å². The molecule has 0 spiro atoms. The Balaban J connectivity index is 1.71. The van der Waals surface area contributed by atoms with Crippen molar-refractivity contribution in [3.63, 3.8) is 0 Å². The second-order valence-electron chi connectivity index (χ2n) is 6.17. The highest BCUT2D eigenvalue weighted by molar-refractivity contribution is 7.89. The number of nitrogens with zero attached hydrogens (tertiary/aromatic N) is 2. The minimum atomic E-state index is -3.80. The first-order valence-electron chi connectivity index (χ1n) is 8.24. The predicted molar refractivity (Wildman–Crippen MR) is 101 cm³/mol. The normalized spacial score (nSPS) is 14.2. The van der Waals surface area contributed by atoms with Gasteiger partial charge in [-0.3, -0.25) is 4.79 Å². The Labute approximate surface area is 157 Å². The molecule has 0 saturated carbocycles. The van der Waals surface area contributed by atoms with E-state index in [0.717, 1.165) is 13.0 Å². The van der Waals surface area contributed by atoms with Crippen LogP contribution < -0.4 is 10.5 Å². The molecule has 3 N–H and O–H groups in total. The molecule has 1 heterocycles. The second-order valence-corrected chi connectivity index (χ2v) is 7.73. The molecule has 7 nitrogen and oxygen atoms in total. The number of sulfonamides is 1. The quantitative estimate of drug-likeness (QED) is 0.617. The predicted octanol–water partition coefficient (Wildman–Crippen LogP) is 1.74. The SMILES string of the molecule is N#C/C(=C/N1CCc2ccccc2C1)C(=O)Nc1ccc(S(N)(=O)=O)cc1. The summed E-state index contributed by atoms with van der Waals surface area (Å²) < 4.78 is 22.5. The molecule has 2 aromatic carbocycles. The van der Waals surface area contributed by atoms with Gasteiger partial charge in [0.1, 0.15) is 11.6 Å². The molecule has 3 rings (SSSR count). The Bertz CT molecular complexity index is 1040. The highest BCUT2D eigenvalue weighted by atomic mass is 32.2. The number of nitriles is 1. The van der Waals surface area contributed by atoms with Gasteiger partial charge in [0.05, 0.1) is 4.90 Å². The molecule has 8 heteroatoms. The van der Waals surface area contributed by atoms with E-state index in [4.69, 9.17) is 5.14 Å². The van der Waals surface area contributed by atoms with Crippen LogP contribution in [0, 0.1) is 11.3 Å². The maximum atomic E-state index is 12.4. The van der Waals surface area contributed by atoms with Gasteiger partial charge in [0.25, 0.3) is 5.91 Å². The maximum absolute atomic E-state index is 12.4. The Morgan fingerprint density at radius 3 is 2.44 bits per heavy atom. The number of anilines is 1. The molecule has 0 atom stereocenters. The summed E-state index contributed by atoms with van der Waals surface area (Å²) in [5, 5.41) is 17.0. The van der Waals surface area contributed by atoms with E-state index in [9.17, 15) is 18.5 Å². The van der Waals surface area contributed by atoms with Crippen LogP contribution in [0.5, 0.6) is 0 Å². The van der Waals surface area contributed by atoms with Gasteiger partial charge in [-0.15, -0.1) is 0 Å². The van der Waals surface area contributed by atoms with Gasteiger partial charge in [0.15, 0.2) is 0 Å². The van der Waals surface area contributed by atoms with Crippen LogP contribution in [0.1, 0.15) is 11.1 Å². The average Bonchev–Trinajstić information content (AvgIpc) is 2.65. The third kappa shape index (κ3) is 4.53. The lowest BCUT2D eigenvalue weighted by Crippen LogP contribution is -2.27. The van der Waals surface area contributed by atoms with Crippen LogP contribution in [0.3, 0.4) is 0 Å². The number of hydrogen-bond donors (Lipinski definition) is 2. The number of nitrogens with two attached hydrogens (primary N) is 1. The molecule has 138 valence electrons. The lowest BCUT2D eigenvalue weighted by molar-refractivity contribution is -0.112. The van der Waals surface area contributed by atoms with Crippen molar-refractivity contribution in [3.05, 3.63) is 71.4 Å². The fourth-order valence-electron chi connectivity index (χ4n) is 2.87. The van der Waals surface area contributed by atoms with Crippen LogP contribution in [0.4, 0.5) is 5.69 Å². The van der Waals surface area contributed by atoms with E-state index in [1.54, 1.807) is 6.20 Å². The van der Waals surface area contributed by atoms with Gasteiger partial charge in [-0.05, 0) is 41.8 Å². The number of fused-ring (bicyclic) bond motifs is 1. The number of hydrogen-bond acceptors (Lipinski definition) is 5. The summed E-state index contributed by atoms with van der Waals surface area (Å²) >= 11 is 0. The number of carbonyl (C=O) groups is 1. The van der Waals surface area contributed by atoms with Crippen molar-refractivity contribution in [2.45, 2.75) is 17.9 Å². The van der Waals surface area contributed by atoms with Crippen molar-refractivity contribution in [1.82, 2.24) is 4.90 Å². The molecule has 0 aromatic heterocycles. The van der Waals surface area contributed by atoms with Crippen molar-refractivity contribution >= 4 is 21.6 Å². The van der Waals surface area contributed by atoms with Crippen LogP contribution in [0.15, 0.2) is 65.2 Å². The highest BCUT2D eigenvalue weighted by Gasteiger charge is 2.17. The number of rotatable bonds is 4. The molecule has 0 bridgehead atoms. The van der Waals surface area contributed by atoms with Gasteiger partial charge < -0.3 is 10.2 Å². The van der Waals surface area contributed by atoms with E-state index in [1.807, 2.05) is 29.2 Å². The minimum absolute atomic E-state index is 0.0232. The largest absolute Gasteiger partial charge is 0.371 e. The van der Waals surface area contributed by atoms with Crippen molar-refractivity contribution in [1.29, 1.82) is 5.26 Å². The molecule has 0 unspecified atom stereocenters. The summed E-state index contributed by atoms with van der Waals surface area (Å²) in [6.45, 7) is 1.36. The number of nitrogens with one attached hydrogen (secondary N) is 1. The minimum Gasteiger partial charge on any atom is -0.371 e. The zero-order chi connectivity index (χ0) is 19.4. The van der Waals surface area contributed by atoms with Crippen molar-refractivity contribution in [3.8, 4) is 6.07 Å². The number of primary sulfonamides is 1. The van der Waals surface area contributed by atoms with E-state index >= 15 is 0 Å². The van der Waals surface area contributed by atoms with Crippen LogP contribution in [-0.2, 0) is 27.8 Å². The smallest absolute Gasteiger partial charge is 0.267 e. The maximum Gasteiger partial charge on any atom is 0.267 e. The molecule has 1 amide bonds. The van der Waals surface area contributed by atoms with Crippen LogP contribution in [0.2, 0.25) is 0 Å². The van der Waals surface area contributed by atoms with Gasteiger partial charge in [0, 0.05) is 25.0 Å². The average molecular weight is 382 g/mol. The first-order chi connectivity index (χ1) is 12.9. The van der Waals surface area contributed by atoms with Crippen LogP contribution in [0.25, 0.3) is 0 Å². The van der Waals surface area contributed by atoms with E-state index in [0.29, 0.717) is 12.2 Å².